The van der Waals surface area contributed by atoms with Crippen LogP contribution in [0.4, 0.5) is 0 Å². The van der Waals surface area contributed by atoms with Gasteiger partial charge in [-0.3, -0.25) is 0 Å². The van der Waals surface area contributed by atoms with Crippen LogP contribution >= 0.6 is 0 Å². The van der Waals surface area contributed by atoms with E-state index in [9.17, 15) is 0 Å². The zero-order valence-electron chi connectivity index (χ0n) is 8.42. The van der Waals surface area contributed by atoms with Crippen molar-refractivity contribution in [1.29, 1.82) is 0 Å². The van der Waals surface area contributed by atoms with Gasteiger partial charge in [0, 0.05) is 17.4 Å². The first-order valence-electron chi connectivity index (χ1n) is 5.34. The van der Waals surface area contributed by atoms with Crippen LogP contribution in [-0.2, 0) is 12.8 Å². The Morgan fingerprint density at radius 3 is 3.07 bits per heavy atom. The molecule has 72 valence electrons. The second-order valence-electron chi connectivity index (χ2n) is 4.35. The maximum Gasteiger partial charge on any atom is 0.134 e. The fourth-order valence-electron chi connectivity index (χ4n) is 2.40. The molecule has 1 unspecified atom stereocenters. The Morgan fingerprint density at radius 2 is 2.14 bits per heavy atom. The van der Waals surface area contributed by atoms with Gasteiger partial charge in [-0.25, -0.2) is 0 Å². The minimum atomic E-state index is 0.781. The molecule has 14 heavy (non-hydrogen) atoms. The quantitative estimate of drug-likeness (QED) is 0.613. The molecule has 0 saturated carbocycles. The number of fused-ring (bicyclic) bond motifs is 3. The highest BCUT2D eigenvalue weighted by molar-refractivity contribution is 5.82. The summed E-state index contributed by atoms with van der Waals surface area (Å²) in [5.74, 6) is 2.01. The maximum atomic E-state index is 5.86. The minimum Gasteiger partial charge on any atom is -0.461 e. The second-order valence-corrected chi connectivity index (χ2v) is 4.35. The van der Waals surface area contributed by atoms with Crippen molar-refractivity contribution in [2.45, 2.75) is 26.2 Å². The van der Waals surface area contributed by atoms with E-state index in [2.05, 4.69) is 25.1 Å². The molecule has 1 nitrogen and oxygen atoms in total. The van der Waals surface area contributed by atoms with Crippen LogP contribution in [0.25, 0.3) is 11.0 Å². The number of rotatable bonds is 0. The summed E-state index contributed by atoms with van der Waals surface area (Å²) in [6.07, 6.45) is 3.61. The van der Waals surface area contributed by atoms with E-state index in [1.54, 1.807) is 0 Å². The number of hydrogen-bond donors (Lipinski definition) is 0. The van der Waals surface area contributed by atoms with Gasteiger partial charge >= 0.3 is 0 Å². The van der Waals surface area contributed by atoms with Crippen molar-refractivity contribution in [3.05, 3.63) is 35.6 Å². The van der Waals surface area contributed by atoms with Crippen molar-refractivity contribution < 1.29 is 4.42 Å². The fraction of sp³-hybridized carbons (Fsp3) is 0.385. The van der Waals surface area contributed by atoms with Gasteiger partial charge in [-0.05, 0) is 24.8 Å². The van der Waals surface area contributed by atoms with E-state index in [0.29, 0.717) is 0 Å². The Bertz CT molecular complexity index is 467. The lowest BCUT2D eigenvalue weighted by Crippen LogP contribution is -2.08. The van der Waals surface area contributed by atoms with Gasteiger partial charge in [0.15, 0.2) is 0 Å². The third kappa shape index (κ3) is 1.08. The van der Waals surface area contributed by atoms with Crippen molar-refractivity contribution in [3.63, 3.8) is 0 Å². The van der Waals surface area contributed by atoms with Crippen LogP contribution < -0.4 is 0 Å². The van der Waals surface area contributed by atoms with E-state index in [1.807, 2.05) is 6.07 Å². The van der Waals surface area contributed by atoms with Crippen LogP contribution in [0, 0.1) is 5.92 Å². The van der Waals surface area contributed by atoms with Crippen molar-refractivity contribution in [1.82, 2.24) is 0 Å². The predicted molar refractivity (Wildman–Crippen MR) is 57.4 cm³/mol. The molecule has 0 saturated heterocycles. The average molecular weight is 186 g/mol. The number of hydrogen-bond acceptors (Lipinski definition) is 1. The Morgan fingerprint density at radius 1 is 1.29 bits per heavy atom. The summed E-state index contributed by atoms with van der Waals surface area (Å²) in [5, 5.41) is 1.33. The fourth-order valence-corrected chi connectivity index (χ4v) is 2.40. The lowest BCUT2D eigenvalue weighted by atomic mass is 9.88. The maximum absolute atomic E-state index is 5.86. The average Bonchev–Trinajstić information content (AvgIpc) is 2.54. The lowest BCUT2D eigenvalue weighted by Gasteiger charge is -2.16. The first-order chi connectivity index (χ1) is 6.84. The van der Waals surface area contributed by atoms with Gasteiger partial charge in [0.25, 0.3) is 0 Å². The molecule has 1 atom stereocenters. The van der Waals surface area contributed by atoms with E-state index >= 15 is 0 Å². The summed E-state index contributed by atoms with van der Waals surface area (Å²) in [6.45, 7) is 2.30. The van der Waals surface area contributed by atoms with Crippen molar-refractivity contribution >= 4 is 11.0 Å². The highest BCUT2D eigenvalue weighted by Gasteiger charge is 2.20. The molecule has 1 aliphatic rings. The van der Waals surface area contributed by atoms with E-state index in [-0.39, 0.29) is 0 Å². The van der Waals surface area contributed by atoms with Gasteiger partial charge in [0.05, 0.1) is 0 Å². The van der Waals surface area contributed by atoms with E-state index in [0.717, 1.165) is 17.9 Å². The van der Waals surface area contributed by atoms with Crippen LogP contribution in [0.1, 0.15) is 24.7 Å². The molecule has 2 aromatic rings. The van der Waals surface area contributed by atoms with E-state index in [1.165, 1.54) is 29.6 Å². The molecule has 0 amide bonds. The first kappa shape index (κ1) is 8.10. The largest absolute Gasteiger partial charge is 0.461 e. The highest BCUT2D eigenvalue weighted by atomic mass is 16.3. The SMILES string of the molecule is CC1CCc2c(oc3ccccc23)C1. The van der Waals surface area contributed by atoms with Crippen molar-refractivity contribution in [3.8, 4) is 0 Å². The molecule has 0 N–H and O–H groups in total. The number of furan rings is 1. The standard InChI is InChI=1S/C13H14O/c1-9-6-7-11-10-4-2-3-5-12(10)14-13(11)8-9/h2-5,9H,6-8H2,1H3. The Kier molecular flexibility index (Phi) is 1.66. The first-order valence-corrected chi connectivity index (χ1v) is 5.34. The van der Waals surface area contributed by atoms with E-state index in [4.69, 9.17) is 4.42 Å². The van der Waals surface area contributed by atoms with Gasteiger partial charge in [-0.2, -0.15) is 0 Å². The molecule has 0 spiro atoms. The van der Waals surface area contributed by atoms with Crippen molar-refractivity contribution in [2.24, 2.45) is 5.92 Å². The Balaban J connectivity index is 2.24. The van der Waals surface area contributed by atoms with Gasteiger partial charge in [0.1, 0.15) is 11.3 Å². The molecule has 0 aliphatic heterocycles. The smallest absolute Gasteiger partial charge is 0.134 e. The monoisotopic (exact) mass is 186 g/mol. The molecule has 1 aliphatic carbocycles. The van der Waals surface area contributed by atoms with Crippen LogP contribution in [-0.4, -0.2) is 0 Å². The Hall–Kier alpha value is -1.24. The van der Waals surface area contributed by atoms with Crippen LogP contribution in [0.2, 0.25) is 0 Å². The number of benzene rings is 1. The second kappa shape index (κ2) is 2.88. The lowest BCUT2D eigenvalue weighted by molar-refractivity contribution is 0.426. The zero-order chi connectivity index (χ0) is 9.54. The minimum absolute atomic E-state index is 0.781. The van der Waals surface area contributed by atoms with Gasteiger partial charge in [-0.15, -0.1) is 0 Å². The molecule has 0 fully saturated rings. The molecule has 3 rings (SSSR count). The van der Waals surface area contributed by atoms with Crippen LogP contribution in [0.3, 0.4) is 0 Å². The number of para-hydroxylation sites is 1. The molecule has 0 bridgehead atoms. The third-order valence-corrected chi connectivity index (χ3v) is 3.20. The molecular formula is C13H14O. The summed E-state index contributed by atoms with van der Waals surface area (Å²) in [6, 6.07) is 8.38. The predicted octanol–water partition coefficient (Wildman–Crippen LogP) is 3.56. The van der Waals surface area contributed by atoms with Gasteiger partial charge in [-0.1, -0.05) is 25.1 Å². The van der Waals surface area contributed by atoms with Crippen LogP contribution in [0.5, 0.6) is 0 Å². The normalized spacial score (nSPS) is 21.1. The molecule has 1 aromatic carbocycles. The number of aryl methyl sites for hydroxylation is 1. The summed E-state index contributed by atoms with van der Waals surface area (Å²) < 4.78 is 5.86. The van der Waals surface area contributed by atoms with E-state index < -0.39 is 0 Å². The molecule has 1 heterocycles. The Labute approximate surface area is 83.7 Å². The summed E-state index contributed by atoms with van der Waals surface area (Å²) in [7, 11) is 0. The summed E-state index contributed by atoms with van der Waals surface area (Å²) in [5.41, 5.74) is 2.52. The topological polar surface area (TPSA) is 13.1 Å². The third-order valence-electron chi connectivity index (χ3n) is 3.20. The van der Waals surface area contributed by atoms with Gasteiger partial charge in [0.2, 0.25) is 0 Å². The van der Waals surface area contributed by atoms with Gasteiger partial charge < -0.3 is 4.42 Å². The summed E-state index contributed by atoms with van der Waals surface area (Å²) >= 11 is 0. The zero-order valence-corrected chi connectivity index (χ0v) is 8.42. The van der Waals surface area contributed by atoms with Crippen molar-refractivity contribution in [2.75, 3.05) is 0 Å². The van der Waals surface area contributed by atoms with Crippen LogP contribution in [0.15, 0.2) is 28.7 Å². The molecular weight excluding hydrogens is 172 g/mol. The highest BCUT2D eigenvalue weighted by Crippen LogP contribution is 2.33. The summed E-state index contributed by atoms with van der Waals surface area (Å²) in [4.78, 5) is 0. The molecule has 1 heteroatoms. The molecule has 0 radical (unpaired) electrons. The molecule has 1 aromatic heterocycles.